The lowest BCUT2D eigenvalue weighted by molar-refractivity contribution is -0.139. The summed E-state index contributed by atoms with van der Waals surface area (Å²) in [4.78, 5) is 36.2. The number of carboxylic acids is 1. The van der Waals surface area contributed by atoms with Gasteiger partial charge in [-0.05, 0) is 54.7 Å². The van der Waals surface area contributed by atoms with E-state index in [2.05, 4.69) is 10.6 Å². The number of rotatable bonds is 6. The summed E-state index contributed by atoms with van der Waals surface area (Å²) in [6.07, 6.45) is 0.851. The van der Waals surface area contributed by atoms with Gasteiger partial charge in [-0.3, -0.25) is 9.59 Å². The van der Waals surface area contributed by atoms with E-state index >= 15 is 0 Å². The number of amides is 2. The first-order valence-corrected chi connectivity index (χ1v) is 8.97. The predicted molar refractivity (Wildman–Crippen MR) is 101 cm³/mol. The zero-order chi connectivity index (χ0) is 20.4. The van der Waals surface area contributed by atoms with Crippen LogP contribution in [0.4, 0.5) is 10.1 Å². The fraction of sp³-hybridized carbons (Fsp3) is 0.286. The summed E-state index contributed by atoms with van der Waals surface area (Å²) in [5.41, 5.74) is 1.25. The molecule has 7 heteroatoms. The fourth-order valence-corrected chi connectivity index (χ4v) is 3.01. The van der Waals surface area contributed by atoms with Gasteiger partial charge in [0.2, 0.25) is 5.91 Å². The first-order chi connectivity index (χ1) is 13.3. The van der Waals surface area contributed by atoms with Gasteiger partial charge in [-0.2, -0.15) is 0 Å². The van der Waals surface area contributed by atoms with Gasteiger partial charge in [0.15, 0.2) is 6.04 Å². The van der Waals surface area contributed by atoms with Crippen LogP contribution in [0.15, 0.2) is 42.5 Å². The summed E-state index contributed by atoms with van der Waals surface area (Å²) in [5.74, 6) is -2.04. The molecule has 0 heterocycles. The summed E-state index contributed by atoms with van der Waals surface area (Å²) >= 11 is 0. The van der Waals surface area contributed by atoms with Gasteiger partial charge in [-0.1, -0.05) is 25.1 Å². The molecule has 1 saturated carbocycles. The molecule has 3 rings (SSSR count). The van der Waals surface area contributed by atoms with E-state index in [4.69, 9.17) is 0 Å². The summed E-state index contributed by atoms with van der Waals surface area (Å²) in [7, 11) is 0. The molecule has 1 fully saturated rings. The number of carboxylic acid groups (broad SMARTS) is 1. The highest BCUT2D eigenvalue weighted by Crippen LogP contribution is 2.38. The van der Waals surface area contributed by atoms with Crippen molar-refractivity contribution in [3.63, 3.8) is 0 Å². The van der Waals surface area contributed by atoms with Crippen molar-refractivity contribution in [1.29, 1.82) is 0 Å². The Kier molecular flexibility index (Phi) is 5.44. The maximum Gasteiger partial charge on any atom is 0.330 e. The molecule has 2 amide bonds. The second-order valence-electron chi connectivity index (χ2n) is 7.14. The molecule has 1 aliphatic rings. The van der Waals surface area contributed by atoms with Crippen molar-refractivity contribution in [2.24, 2.45) is 11.8 Å². The molecule has 0 radical (unpaired) electrons. The van der Waals surface area contributed by atoms with Crippen LogP contribution in [0.5, 0.6) is 0 Å². The van der Waals surface area contributed by atoms with Gasteiger partial charge < -0.3 is 15.7 Å². The Hall–Kier alpha value is -3.22. The molecule has 146 valence electrons. The zero-order valence-electron chi connectivity index (χ0n) is 15.5. The van der Waals surface area contributed by atoms with Crippen molar-refractivity contribution in [2.45, 2.75) is 26.3 Å². The van der Waals surface area contributed by atoms with Crippen molar-refractivity contribution < 1.29 is 23.9 Å². The van der Waals surface area contributed by atoms with Gasteiger partial charge in [0.1, 0.15) is 5.82 Å². The van der Waals surface area contributed by atoms with Crippen LogP contribution in [0.2, 0.25) is 0 Å². The van der Waals surface area contributed by atoms with Gasteiger partial charge in [0, 0.05) is 17.2 Å². The average molecular weight is 384 g/mol. The number of hydrogen-bond acceptors (Lipinski definition) is 3. The number of halogens is 1. The van der Waals surface area contributed by atoms with E-state index in [-0.39, 0.29) is 28.5 Å². The Labute approximate surface area is 161 Å². The van der Waals surface area contributed by atoms with Gasteiger partial charge in [0.05, 0.1) is 0 Å². The first-order valence-electron chi connectivity index (χ1n) is 8.97. The van der Waals surface area contributed by atoms with Gasteiger partial charge >= 0.3 is 5.97 Å². The quantitative estimate of drug-likeness (QED) is 0.712. The molecule has 0 aliphatic heterocycles. The van der Waals surface area contributed by atoms with E-state index in [1.165, 1.54) is 37.3 Å². The van der Waals surface area contributed by atoms with Gasteiger partial charge in [-0.15, -0.1) is 0 Å². The molecule has 3 atom stereocenters. The molecule has 0 aromatic heterocycles. The van der Waals surface area contributed by atoms with Crippen molar-refractivity contribution in [1.82, 2.24) is 5.32 Å². The van der Waals surface area contributed by atoms with Crippen molar-refractivity contribution >= 4 is 23.5 Å². The van der Waals surface area contributed by atoms with E-state index in [1.807, 2.05) is 6.92 Å². The maximum atomic E-state index is 13.5. The van der Waals surface area contributed by atoms with Crippen molar-refractivity contribution in [2.75, 3.05) is 5.32 Å². The lowest BCUT2D eigenvalue weighted by Crippen LogP contribution is -2.33. The third kappa shape index (κ3) is 4.36. The van der Waals surface area contributed by atoms with Crippen LogP contribution in [0, 0.1) is 24.6 Å². The summed E-state index contributed by atoms with van der Waals surface area (Å²) in [6.45, 7) is 3.52. The number of anilines is 1. The molecule has 0 saturated heterocycles. The predicted octanol–water partition coefficient (Wildman–Crippen LogP) is 3.28. The molecule has 1 aliphatic carbocycles. The Bertz CT molecular complexity index is 944. The second kappa shape index (κ2) is 7.80. The molecule has 2 aromatic rings. The molecule has 0 spiro atoms. The van der Waals surface area contributed by atoms with E-state index in [1.54, 1.807) is 12.1 Å². The molecular weight excluding hydrogens is 363 g/mol. The Morgan fingerprint density at radius 3 is 2.50 bits per heavy atom. The van der Waals surface area contributed by atoms with Crippen molar-refractivity contribution in [3.05, 3.63) is 65.0 Å². The minimum Gasteiger partial charge on any atom is -0.479 e. The molecule has 0 bridgehead atoms. The highest BCUT2D eigenvalue weighted by atomic mass is 19.1. The third-order valence-electron chi connectivity index (χ3n) is 4.88. The van der Waals surface area contributed by atoms with E-state index in [0.29, 0.717) is 11.6 Å². The van der Waals surface area contributed by atoms with Crippen LogP contribution in [-0.2, 0) is 9.59 Å². The molecule has 6 nitrogen and oxygen atoms in total. The maximum absolute atomic E-state index is 13.5. The Morgan fingerprint density at radius 2 is 1.89 bits per heavy atom. The van der Waals surface area contributed by atoms with Crippen LogP contribution in [0.3, 0.4) is 0 Å². The molecule has 28 heavy (non-hydrogen) atoms. The second-order valence-corrected chi connectivity index (χ2v) is 7.14. The van der Waals surface area contributed by atoms with Gasteiger partial charge in [-0.25, -0.2) is 9.18 Å². The number of aliphatic carboxylic acids is 1. The third-order valence-corrected chi connectivity index (χ3v) is 4.88. The smallest absolute Gasteiger partial charge is 0.330 e. The number of carbonyl (C=O) groups excluding carboxylic acids is 2. The summed E-state index contributed by atoms with van der Waals surface area (Å²) in [5, 5.41) is 14.7. The zero-order valence-corrected chi connectivity index (χ0v) is 15.5. The highest BCUT2D eigenvalue weighted by molar-refractivity contribution is 5.99. The van der Waals surface area contributed by atoms with Crippen LogP contribution in [-0.4, -0.2) is 22.9 Å². The molecule has 3 unspecified atom stereocenters. The Balaban J connectivity index is 1.74. The average Bonchev–Trinajstić information content (AvgIpc) is 3.39. The SMILES string of the molecule is Cc1cc(C(NC(=O)c2cccc(NC(=O)C3CC3C)c2)C(=O)O)ccc1F. The van der Waals surface area contributed by atoms with Gasteiger partial charge in [0.25, 0.3) is 5.91 Å². The van der Waals surface area contributed by atoms with Crippen LogP contribution < -0.4 is 10.6 Å². The van der Waals surface area contributed by atoms with E-state index in [0.717, 1.165) is 6.42 Å². The van der Waals surface area contributed by atoms with E-state index < -0.39 is 23.7 Å². The minimum atomic E-state index is -1.32. The number of benzene rings is 2. The van der Waals surface area contributed by atoms with E-state index in [9.17, 15) is 23.9 Å². The lowest BCUT2D eigenvalue weighted by atomic mass is 10.0. The standard InChI is InChI=1S/C21H21FN2O4/c1-11-9-16(11)20(26)23-15-5-3-4-14(10-15)19(25)24-18(21(27)28)13-6-7-17(22)12(2)8-13/h3-8,10-11,16,18H,9H2,1-2H3,(H,23,26)(H,24,25)(H,27,28). The number of aryl methyl sites for hydroxylation is 1. The largest absolute Gasteiger partial charge is 0.479 e. The first kappa shape index (κ1) is 19.5. The normalized spacial score (nSPS) is 18.8. The topological polar surface area (TPSA) is 95.5 Å². The number of hydrogen-bond donors (Lipinski definition) is 3. The molecule has 2 aromatic carbocycles. The minimum absolute atomic E-state index is 0.00408. The van der Waals surface area contributed by atoms with Crippen molar-refractivity contribution in [3.8, 4) is 0 Å². The molecular formula is C21H21FN2O4. The lowest BCUT2D eigenvalue weighted by Gasteiger charge is -2.16. The number of carbonyl (C=O) groups is 3. The molecule has 3 N–H and O–H groups in total. The summed E-state index contributed by atoms with van der Waals surface area (Å²) in [6, 6.07) is 8.86. The van der Waals surface area contributed by atoms with Crippen LogP contribution in [0.1, 0.15) is 40.9 Å². The van der Waals surface area contributed by atoms with Crippen LogP contribution >= 0.6 is 0 Å². The monoisotopic (exact) mass is 384 g/mol. The Morgan fingerprint density at radius 1 is 1.18 bits per heavy atom. The fourth-order valence-electron chi connectivity index (χ4n) is 3.01. The highest BCUT2D eigenvalue weighted by Gasteiger charge is 2.39. The summed E-state index contributed by atoms with van der Waals surface area (Å²) < 4.78 is 13.5. The van der Waals surface area contributed by atoms with Crippen LogP contribution in [0.25, 0.3) is 0 Å². The number of nitrogens with one attached hydrogen (secondary N) is 2.